The van der Waals surface area contributed by atoms with Crippen molar-refractivity contribution < 1.29 is 0 Å². The molecular weight excluding hydrogens is 236 g/mol. The summed E-state index contributed by atoms with van der Waals surface area (Å²) in [4.78, 5) is 3.91. The number of nitrogens with zero attached hydrogens (tertiary/aromatic N) is 5. The van der Waals surface area contributed by atoms with Crippen LogP contribution < -0.4 is 5.32 Å². The molecule has 0 aliphatic rings. The van der Waals surface area contributed by atoms with E-state index < -0.39 is 0 Å². The van der Waals surface area contributed by atoms with Gasteiger partial charge in [-0.15, -0.1) is 10.2 Å². The molecule has 0 radical (unpaired) electrons. The second-order valence-electron chi connectivity index (χ2n) is 4.26. The summed E-state index contributed by atoms with van der Waals surface area (Å²) in [6.07, 6.45) is 3.24. The average molecular weight is 252 g/mol. The molecule has 7 heteroatoms. The van der Waals surface area contributed by atoms with Crippen LogP contribution in [0.2, 0.25) is 0 Å². The molecule has 0 saturated carbocycles. The molecule has 2 heterocycles. The Morgan fingerprint density at radius 2 is 2.18 bits per heavy atom. The van der Waals surface area contributed by atoms with E-state index in [0.29, 0.717) is 5.92 Å². The Morgan fingerprint density at radius 1 is 1.35 bits per heavy atom. The molecule has 0 aliphatic heterocycles. The van der Waals surface area contributed by atoms with Gasteiger partial charge in [0.2, 0.25) is 5.13 Å². The number of aromatic nitrogens is 5. The molecule has 92 valence electrons. The van der Waals surface area contributed by atoms with Gasteiger partial charge in [-0.3, -0.25) is 4.68 Å². The Bertz CT molecular complexity index is 449. The zero-order valence-electron chi connectivity index (χ0n) is 10.2. The fourth-order valence-electron chi connectivity index (χ4n) is 1.39. The van der Waals surface area contributed by atoms with Gasteiger partial charge in [-0.1, -0.05) is 25.2 Å². The van der Waals surface area contributed by atoms with Crippen LogP contribution in [0.4, 0.5) is 5.13 Å². The Balaban J connectivity index is 1.91. The van der Waals surface area contributed by atoms with Crippen LogP contribution in [0.15, 0.2) is 12.7 Å². The fraction of sp³-hybridized carbons (Fsp3) is 0.600. The summed E-state index contributed by atoms with van der Waals surface area (Å²) in [6, 6.07) is 0.240. The monoisotopic (exact) mass is 252 g/mol. The topological polar surface area (TPSA) is 68.5 Å². The highest BCUT2D eigenvalue weighted by molar-refractivity contribution is 7.15. The molecule has 0 unspecified atom stereocenters. The van der Waals surface area contributed by atoms with Crippen LogP contribution in [-0.4, -0.2) is 31.0 Å². The summed E-state index contributed by atoms with van der Waals surface area (Å²) < 4.78 is 1.79. The molecule has 0 aliphatic carbocycles. The minimum Gasteiger partial charge on any atom is -0.356 e. The van der Waals surface area contributed by atoms with Crippen molar-refractivity contribution in [2.24, 2.45) is 0 Å². The Morgan fingerprint density at radius 3 is 2.76 bits per heavy atom. The first-order valence-corrected chi connectivity index (χ1v) is 6.39. The van der Waals surface area contributed by atoms with Gasteiger partial charge in [-0.25, -0.2) is 4.98 Å². The van der Waals surface area contributed by atoms with Crippen molar-refractivity contribution >= 4 is 16.5 Å². The lowest BCUT2D eigenvalue weighted by atomic mass is 10.2. The molecule has 0 spiro atoms. The van der Waals surface area contributed by atoms with Gasteiger partial charge in [0, 0.05) is 12.0 Å². The second-order valence-corrected chi connectivity index (χ2v) is 5.27. The first-order chi connectivity index (χ1) is 8.15. The van der Waals surface area contributed by atoms with Crippen molar-refractivity contribution in [2.75, 3.05) is 5.32 Å². The third-order valence-electron chi connectivity index (χ3n) is 2.23. The van der Waals surface area contributed by atoms with E-state index in [-0.39, 0.29) is 6.04 Å². The third-order valence-corrected chi connectivity index (χ3v) is 3.39. The van der Waals surface area contributed by atoms with Gasteiger partial charge in [-0.2, -0.15) is 5.10 Å². The van der Waals surface area contributed by atoms with E-state index in [1.54, 1.807) is 22.3 Å². The highest BCUT2D eigenvalue weighted by Crippen LogP contribution is 2.22. The van der Waals surface area contributed by atoms with Crippen LogP contribution in [0.1, 0.15) is 31.7 Å². The van der Waals surface area contributed by atoms with Gasteiger partial charge >= 0.3 is 0 Å². The van der Waals surface area contributed by atoms with E-state index in [0.717, 1.165) is 16.7 Å². The van der Waals surface area contributed by atoms with Crippen molar-refractivity contribution in [3.05, 3.63) is 17.7 Å². The van der Waals surface area contributed by atoms with Crippen molar-refractivity contribution in [2.45, 2.75) is 39.3 Å². The van der Waals surface area contributed by atoms with Crippen molar-refractivity contribution in [3.8, 4) is 0 Å². The first-order valence-electron chi connectivity index (χ1n) is 5.57. The summed E-state index contributed by atoms with van der Waals surface area (Å²) in [5.41, 5.74) is 0. The maximum Gasteiger partial charge on any atom is 0.205 e. The highest BCUT2D eigenvalue weighted by Gasteiger charge is 2.10. The zero-order valence-corrected chi connectivity index (χ0v) is 11.0. The molecule has 1 atom stereocenters. The summed E-state index contributed by atoms with van der Waals surface area (Å²) in [7, 11) is 0. The Hall–Kier alpha value is -1.50. The molecule has 0 saturated heterocycles. The second kappa shape index (κ2) is 5.22. The van der Waals surface area contributed by atoms with Gasteiger partial charge in [0.1, 0.15) is 17.7 Å². The fourth-order valence-corrected chi connectivity index (χ4v) is 2.25. The maximum absolute atomic E-state index is 4.14. The predicted octanol–water partition coefficient (Wildman–Crippen LogP) is 1.75. The number of hydrogen-bond donors (Lipinski definition) is 1. The quantitative estimate of drug-likeness (QED) is 0.878. The lowest BCUT2D eigenvalue weighted by Crippen LogP contribution is -2.22. The van der Waals surface area contributed by atoms with E-state index in [1.807, 2.05) is 0 Å². The molecule has 0 amide bonds. The maximum atomic E-state index is 4.14. The third kappa shape index (κ3) is 3.23. The summed E-state index contributed by atoms with van der Waals surface area (Å²) in [5, 5.41) is 17.6. The van der Waals surface area contributed by atoms with Crippen LogP contribution in [0.25, 0.3) is 0 Å². The standard InChI is InChI=1S/C10H16N6S/c1-7(2)9-14-15-10(17-9)13-8(3)4-16-6-11-5-12-16/h5-8H,4H2,1-3H3,(H,13,15)/t8-/m0/s1. The number of nitrogens with one attached hydrogen (secondary N) is 1. The minimum absolute atomic E-state index is 0.240. The number of anilines is 1. The van der Waals surface area contributed by atoms with Crippen LogP contribution in [0, 0.1) is 0 Å². The van der Waals surface area contributed by atoms with Crippen molar-refractivity contribution in [1.29, 1.82) is 0 Å². The average Bonchev–Trinajstić information content (AvgIpc) is 2.88. The molecule has 0 bridgehead atoms. The molecule has 2 aromatic heterocycles. The number of hydrogen-bond acceptors (Lipinski definition) is 6. The zero-order chi connectivity index (χ0) is 12.3. The molecule has 2 aromatic rings. The van der Waals surface area contributed by atoms with Gasteiger partial charge in [0.15, 0.2) is 0 Å². The largest absolute Gasteiger partial charge is 0.356 e. The van der Waals surface area contributed by atoms with Gasteiger partial charge < -0.3 is 5.32 Å². The normalized spacial score (nSPS) is 12.9. The van der Waals surface area contributed by atoms with Gasteiger partial charge in [0.05, 0.1) is 6.54 Å². The Kier molecular flexibility index (Phi) is 3.68. The molecule has 1 N–H and O–H groups in total. The van der Waals surface area contributed by atoms with E-state index in [4.69, 9.17) is 0 Å². The smallest absolute Gasteiger partial charge is 0.205 e. The highest BCUT2D eigenvalue weighted by atomic mass is 32.1. The van der Waals surface area contributed by atoms with Crippen LogP contribution in [0.3, 0.4) is 0 Å². The van der Waals surface area contributed by atoms with Crippen LogP contribution >= 0.6 is 11.3 Å². The van der Waals surface area contributed by atoms with E-state index in [1.165, 1.54) is 6.33 Å². The SMILES string of the molecule is CC(C)c1nnc(N[C@@H](C)Cn2cncn2)s1. The van der Waals surface area contributed by atoms with E-state index in [9.17, 15) is 0 Å². The summed E-state index contributed by atoms with van der Waals surface area (Å²) >= 11 is 1.60. The summed E-state index contributed by atoms with van der Waals surface area (Å²) in [5.74, 6) is 0.425. The molecular formula is C10H16N6S. The van der Waals surface area contributed by atoms with Crippen LogP contribution in [-0.2, 0) is 6.54 Å². The van der Waals surface area contributed by atoms with Crippen molar-refractivity contribution in [1.82, 2.24) is 25.0 Å². The molecule has 0 fully saturated rings. The lowest BCUT2D eigenvalue weighted by Gasteiger charge is -2.11. The molecule has 0 aromatic carbocycles. The molecule has 17 heavy (non-hydrogen) atoms. The summed E-state index contributed by atoms with van der Waals surface area (Å²) in [6.45, 7) is 7.07. The number of rotatable bonds is 5. The minimum atomic E-state index is 0.240. The van der Waals surface area contributed by atoms with E-state index >= 15 is 0 Å². The molecule has 2 rings (SSSR count). The van der Waals surface area contributed by atoms with Gasteiger partial charge in [-0.05, 0) is 6.92 Å². The predicted molar refractivity (Wildman–Crippen MR) is 67.1 cm³/mol. The lowest BCUT2D eigenvalue weighted by molar-refractivity contribution is 0.559. The van der Waals surface area contributed by atoms with Crippen LogP contribution in [0.5, 0.6) is 0 Å². The van der Waals surface area contributed by atoms with E-state index in [2.05, 4.69) is 46.4 Å². The molecule has 6 nitrogen and oxygen atoms in total. The Labute approximate surface area is 104 Å². The van der Waals surface area contributed by atoms with Gasteiger partial charge in [0.25, 0.3) is 0 Å². The van der Waals surface area contributed by atoms with Crippen molar-refractivity contribution in [3.63, 3.8) is 0 Å². The first kappa shape index (κ1) is 12.0.